The minimum absolute atomic E-state index is 0. The zero-order chi connectivity index (χ0) is 22.1. The number of aliphatic carboxylic acids is 1. The van der Waals surface area contributed by atoms with Crippen LogP contribution in [0.25, 0.3) is 0 Å². The third kappa shape index (κ3) is 28.4. The van der Waals surface area contributed by atoms with E-state index < -0.39 is 5.97 Å². The average Bonchev–Trinajstić information content (AvgIpc) is 2.73. The second-order valence-corrected chi connectivity index (χ2v) is 9.33. The van der Waals surface area contributed by atoms with Gasteiger partial charge in [-0.15, -0.1) is 0 Å². The largest absolute Gasteiger partial charge is 1.00 e. The first-order valence-corrected chi connectivity index (χ1v) is 13.6. The Bertz CT molecular complexity index is 328. The number of hydrogen-bond donors (Lipinski definition) is 0. The van der Waals surface area contributed by atoms with Gasteiger partial charge in [0, 0.05) is 12.5 Å². The molecule has 180 valence electrons. The molecule has 0 atom stereocenters. The summed E-state index contributed by atoms with van der Waals surface area (Å²) < 4.78 is 0. The molecule has 0 aromatic carbocycles. The molecular weight excluding hydrogens is 393 g/mol. The molecule has 0 radical (unpaired) electrons. The molecule has 0 saturated heterocycles. The minimum Gasteiger partial charge on any atom is -0.550 e. The summed E-state index contributed by atoms with van der Waals surface area (Å²) in [5.41, 5.74) is 0. The van der Waals surface area contributed by atoms with E-state index in [4.69, 9.17) is 0 Å². The van der Waals surface area contributed by atoms with Crippen molar-refractivity contribution in [1.82, 2.24) is 4.90 Å². The maximum atomic E-state index is 10.9. The monoisotopic (exact) mass is 447 g/mol. The first kappa shape index (κ1) is 33.6. The van der Waals surface area contributed by atoms with Gasteiger partial charge in [0.1, 0.15) is 0 Å². The molecule has 0 saturated carbocycles. The Morgan fingerprint density at radius 1 is 0.516 bits per heavy atom. The van der Waals surface area contributed by atoms with Crippen molar-refractivity contribution in [3.63, 3.8) is 0 Å². The molecule has 0 fully saturated rings. The molecule has 0 heterocycles. The first-order chi connectivity index (χ1) is 14.7. The van der Waals surface area contributed by atoms with E-state index in [2.05, 4.69) is 18.7 Å². The molecule has 0 unspecified atom stereocenters. The second kappa shape index (κ2) is 28.5. The summed E-state index contributed by atoms with van der Waals surface area (Å²) in [7, 11) is 0. The molecule has 3 nitrogen and oxygen atoms in total. The molecule has 31 heavy (non-hydrogen) atoms. The van der Waals surface area contributed by atoms with E-state index in [1.54, 1.807) is 0 Å². The van der Waals surface area contributed by atoms with Crippen LogP contribution in [-0.2, 0) is 4.79 Å². The van der Waals surface area contributed by atoms with Gasteiger partial charge in [-0.1, -0.05) is 129 Å². The Balaban J connectivity index is 0. The van der Waals surface area contributed by atoms with Crippen LogP contribution in [-0.4, -0.2) is 30.5 Å². The van der Waals surface area contributed by atoms with Crippen LogP contribution in [0.15, 0.2) is 0 Å². The summed E-state index contributed by atoms with van der Waals surface area (Å²) in [6, 6.07) is 0. The maximum Gasteiger partial charge on any atom is 1.00 e. The van der Waals surface area contributed by atoms with Gasteiger partial charge in [0.25, 0.3) is 0 Å². The standard InChI is InChI=1S/C27H55NO2.Na/c1-3-5-7-9-11-13-15-17-19-21-24-28(26-23-27(29)30)25-22-20-18-16-14-12-10-8-6-4-2;/h3-26H2,1-2H3,(H,29,30);/q;+1/p-1. The van der Waals surface area contributed by atoms with Gasteiger partial charge in [-0.25, -0.2) is 0 Å². The van der Waals surface area contributed by atoms with E-state index in [0.717, 1.165) is 13.1 Å². The van der Waals surface area contributed by atoms with E-state index in [1.807, 2.05) is 0 Å². The van der Waals surface area contributed by atoms with Gasteiger partial charge in [0.05, 0.1) is 0 Å². The molecule has 0 aliphatic rings. The van der Waals surface area contributed by atoms with Crippen LogP contribution >= 0.6 is 0 Å². The molecule has 0 aliphatic heterocycles. The molecule has 4 heteroatoms. The predicted molar refractivity (Wildman–Crippen MR) is 130 cm³/mol. The Morgan fingerprint density at radius 2 is 0.806 bits per heavy atom. The second-order valence-electron chi connectivity index (χ2n) is 9.33. The smallest absolute Gasteiger partial charge is 0.550 e. The van der Waals surface area contributed by atoms with Gasteiger partial charge in [-0.05, 0) is 32.4 Å². The summed E-state index contributed by atoms with van der Waals surface area (Å²) in [6.07, 6.45) is 27.2. The number of unbranched alkanes of at least 4 members (excludes halogenated alkanes) is 18. The van der Waals surface area contributed by atoms with Crippen molar-refractivity contribution in [3.05, 3.63) is 0 Å². The molecule has 0 rings (SSSR count). The van der Waals surface area contributed by atoms with E-state index in [-0.39, 0.29) is 36.0 Å². The predicted octanol–water partition coefficient (Wildman–Crippen LogP) is 4.27. The number of carbonyl (C=O) groups is 1. The summed E-state index contributed by atoms with van der Waals surface area (Å²) in [5.74, 6) is -0.911. The van der Waals surface area contributed by atoms with Gasteiger partial charge in [0.15, 0.2) is 0 Å². The molecule has 0 N–H and O–H groups in total. The number of carbonyl (C=O) groups excluding carboxylic acids is 1. The topological polar surface area (TPSA) is 43.4 Å². The van der Waals surface area contributed by atoms with Crippen LogP contribution in [0, 0.1) is 0 Å². The Labute approximate surface area is 217 Å². The molecule has 0 spiro atoms. The van der Waals surface area contributed by atoms with Gasteiger partial charge in [0.2, 0.25) is 0 Å². The van der Waals surface area contributed by atoms with E-state index in [9.17, 15) is 9.90 Å². The van der Waals surface area contributed by atoms with Crippen molar-refractivity contribution in [2.75, 3.05) is 19.6 Å². The van der Waals surface area contributed by atoms with Crippen molar-refractivity contribution in [2.24, 2.45) is 0 Å². The number of hydrogen-bond acceptors (Lipinski definition) is 3. The number of nitrogens with zero attached hydrogens (tertiary/aromatic N) is 1. The zero-order valence-electron chi connectivity index (χ0n) is 21.7. The normalized spacial score (nSPS) is 11.1. The summed E-state index contributed by atoms with van der Waals surface area (Å²) in [6.45, 7) is 7.32. The Kier molecular flexibility index (Phi) is 30.9. The van der Waals surface area contributed by atoms with Gasteiger partial charge < -0.3 is 14.8 Å². The molecular formula is C27H54NNaO2. The van der Waals surface area contributed by atoms with Crippen LogP contribution in [0.1, 0.15) is 149 Å². The molecule has 0 aliphatic carbocycles. The average molecular weight is 448 g/mol. The molecule has 0 aromatic rings. The van der Waals surface area contributed by atoms with Crippen molar-refractivity contribution in [1.29, 1.82) is 0 Å². The van der Waals surface area contributed by atoms with Crippen LogP contribution in [0.3, 0.4) is 0 Å². The third-order valence-electron chi connectivity index (χ3n) is 6.29. The van der Waals surface area contributed by atoms with Gasteiger partial charge in [-0.2, -0.15) is 0 Å². The molecule has 0 amide bonds. The number of rotatable bonds is 25. The zero-order valence-corrected chi connectivity index (χ0v) is 23.7. The molecule has 0 bridgehead atoms. The van der Waals surface area contributed by atoms with Crippen molar-refractivity contribution in [3.8, 4) is 0 Å². The van der Waals surface area contributed by atoms with Crippen LogP contribution < -0.4 is 34.7 Å². The third-order valence-corrected chi connectivity index (χ3v) is 6.29. The number of carboxylic acids is 1. The van der Waals surface area contributed by atoms with E-state index >= 15 is 0 Å². The minimum atomic E-state index is -0.911. The van der Waals surface area contributed by atoms with Gasteiger partial charge >= 0.3 is 29.6 Å². The van der Waals surface area contributed by atoms with Crippen LogP contribution in [0.5, 0.6) is 0 Å². The maximum absolute atomic E-state index is 10.9. The molecule has 0 aromatic heterocycles. The van der Waals surface area contributed by atoms with Crippen molar-refractivity contribution in [2.45, 2.75) is 149 Å². The summed E-state index contributed by atoms with van der Waals surface area (Å²) in [4.78, 5) is 13.2. The van der Waals surface area contributed by atoms with Gasteiger partial charge in [-0.3, -0.25) is 0 Å². The Morgan fingerprint density at radius 3 is 1.10 bits per heavy atom. The Hall–Kier alpha value is 0.430. The fourth-order valence-electron chi connectivity index (χ4n) is 4.23. The summed E-state index contributed by atoms with van der Waals surface area (Å²) in [5, 5.41) is 10.9. The van der Waals surface area contributed by atoms with Crippen molar-refractivity contribution < 1.29 is 39.5 Å². The van der Waals surface area contributed by atoms with Crippen LogP contribution in [0.2, 0.25) is 0 Å². The van der Waals surface area contributed by atoms with E-state index in [0.29, 0.717) is 6.54 Å². The fraction of sp³-hybridized carbons (Fsp3) is 0.963. The first-order valence-electron chi connectivity index (χ1n) is 13.6. The summed E-state index contributed by atoms with van der Waals surface area (Å²) >= 11 is 0. The quantitative estimate of drug-likeness (QED) is 0.155. The van der Waals surface area contributed by atoms with E-state index in [1.165, 1.54) is 128 Å². The van der Waals surface area contributed by atoms with Crippen molar-refractivity contribution >= 4 is 5.97 Å². The fourth-order valence-corrected chi connectivity index (χ4v) is 4.23. The van der Waals surface area contributed by atoms with Crippen LogP contribution in [0.4, 0.5) is 0 Å². The number of carboxylic acid groups (broad SMARTS) is 1. The SMILES string of the molecule is CCCCCCCCCCCCN(CCCCCCCCCCCC)CCC(=O)[O-].[Na+].